The lowest BCUT2D eigenvalue weighted by Crippen LogP contribution is -2.62. The number of ether oxygens (including phenoxy) is 3. The van der Waals surface area contributed by atoms with Crippen LogP contribution in [0.25, 0.3) is 0 Å². The lowest BCUT2D eigenvalue weighted by Gasteiger charge is -2.40. The number of nitrogens with zero attached hydrogens (tertiary/aromatic N) is 1. The van der Waals surface area contributed by atoms with Gasteiger partial charge in [0.25, 0.3) is 0 Å². The molecule has 0 radical (unpaired) electrons. The van der Waals surface area contributed by atoms with Gasteiger partial charge in [-0.05, 0) is 70.7 Å². The van der Waals surface area contributed by atoms with Crippen molar-refractivity contribution >= 4 is 29.6 Å². The van der Waals surface area contributed by atoms with Crippen LogP contribution in [0.3, 0.4) is 0 Å². The predicted molar refractivity (Wildman–Crippen MR) is 169 cm³/mol. The Labute approximate surface area is 269 Å². The molecule has 0 aromatic heterocycles. The Bertz CT molecular complexity index is 1420. The molecule has 12 heteroatoms. The number of carbonyl (C=O) groups is 5. The second-order valence-electron chi connectivity index (χ2n) is 13.0. The van der Waals surface area contributed by atoms with E-state index in [9.17, 15) is 24.0 Å². The Morgan fingerprint density at radius 1 is 0.913 bits per heavy atom. The highest BCUT2D eigenvalue weighted by atomic mass is 16.6. The van der Waals surface area contributed by atoms with Crippen molar-refractivity contribution in [1.82, 2.24) is 20.9 Å². The van der Waals surface area contributed by atoms with E-state index in [1.54, 1.807) is 59.1 Å². The van der Waals surface area contributed by atoms with E-state index in [1.807, 2.05) is 30.3 Å². The molecule has 2 aliphatic heterocycles. The molecule has 2 heterocycles. The van der Waals surface area contributed by atoms with Gasteiger partial charge < -0.3 is 30.2 Å². The van der Waals surface area contributed by atoms with E-state index in [0.29, 0.717) is 18.7 Å². The number of carbonyl (C=O) groups excluding carboxylic acids is 5. The zero-order chi connectivity index (χ0) is 33.6. The third-order valence-corrected chi connectivity index (χ3v) is 7.95. The minimum atomic E-state index is -1.08. The molecule has 0 bridgehead atoms. The number of rotatable bonds is 13. The SMILES string of the molecule is COc1ccc(C[C@H](NC(=O)[C@H](C)NC(=O)[C@H]2CCN2C(=O)OC(C)(C)C)C(=O)N[C@@H](Cc2ccccc2)C(=O)[C@@]2(C)CO2)cc1. The third kappa shape index (κ3) is 9.06. The molecule has 4 rings (SSSR count). The number of benzene rings is 2. The molecule has 46 heavy (non-hydrogen) atoms. The molecule has 4 amide bonds. The number of hydrogen-bond donors (Lipinski definition) is 3. The summed E-state index contributed by atoms with van der Waals surface area (Å²) in [5, 5.41) is 8.27. The maximum Gasteiger partial charge on any atom is 0.410 e. The lowest BCUT2D eigenvalue weighted by atomic mass is 9.94. The third-order valence-electron chi connectivity index (χ3n) is 7.95. The highest BCUT2D eigenvalue weighted by Crippen LogP contribution is 2.29. The quantitative estimate of drug-likeness (QED) is 0.283. The zero-order valence-electron chi connectivity index (χ0n) is 27.3. The van der Waals surface area contributed by atoms with Crippen LogP contribution < -0.4 is 20.7 Å². The maximum absolute atomic E-state index is 13.8. The summed E-state index contributed by atoms with van der Waals surface area (Å²) in [6.07, 6.45) is 0.186. The molecule has 0 aliphatic carbocycles. The van der Waals surface area contributed by atoms with Crippen molar-refractivity contribution in [3.63, 3.8) is 0 Å². The minimum absolute atomic E-state index is 0.108. The Hall–Kier alpha value is -4.45. The molecule has 0 saturated carbocycles. The molecule has 0 unspecified atom stereocenters. The normalized spacial score (nSPS) is 20.7. The van der Waals surface area contributed by atoms with Crippen LogP contribution in [0.4, 0.5) is 4.79 Å². The average molecular weight is 637 g/mol. The molecule has 248 valence electrons. The largest absolute Gasteiger partial charge is 0.497 e. The summed E-state index contributed by atoms with van der Waals surface area (Å²) in [4.78, 5) is 67.4. The van der Waals surface area contributed by atoms with Crippen LogP contribution in [0, 0.1) is 0 Å². The van der Waals surface area contributed by atoms with Crippen molar-refractivity contribution in [3.05, 3.63) is 65.7 Å². The van der Waals surface area contributed by atoms with Gasteiger partial charge in [0.2, 0.25) is 17.7 Å². The summed E-state index contributed by atoms with van der Waals surface area (Å²) in [5.41, 5.74) is -0.0959. The predicted octanol–water partition coefficient (Wildman–Crippen LogP) is 2.32. The van der Waals surface area contributed by atoms with E-state index in [-0.39, 0.29) is 25.2 Å². The van der Waals surface area contributed by atoms with E-state index >= 15 is 0 Å². The molecular formula is C34H44N4O8. The fourth-order valence-electron chi connectivity index (χ4n) is 5.03. The molecule has 0 spiro atoms. The van der Waals surface area contributed by atoms with Crippen LogP contribution >= 0.6 is 0 Å². The molecule has 3 N–H and O–H groups in total. The fraction of sp³-hybridized carbons (Fsp3) is 0.500. The molecule has 2 fully saturated rings. The van der Waals surface area contributed by atoms with Crippen LogP contribution in [-0.4, -0.2) is 90.1 Å². The van der Waals surface area contributed by atoms with Gasteiger partial charge in [0.05, 0.1) is 19.8 Å². The summed E-state index contributed by atoms with van der Waals surface area (Å²) in [5.74, 6) is -1.28. The van der Waals surface area contributed by atoms with Crippen molar-refractivity contribution in [2.75, 3.05) is 20.3 Å². The summed E-state index contributed by atoms with van der Waals surface area (Å²) in [6.45, 7) is 9.04. The number of ketones is 1. The lowest BCUT2D eigenvalue weighted by molar-refractivity contribution is -0.136. The van der Waals surface area contributed by atoms with E-state index in [4.69, 9.17) is 14.2 Å². The van der Waals surface area contributed by atoms with Crippen LogP contribution in [-0.2, 0) is 41.5 Å². The van der Waals surface area contributed by atoms with Crippen molar-refractivity contribution < 1.29 is 38.2 Å². The minimum Gasteiger partial charge on any atom is -0.497 e. The Balaban J connectivity index is 1.46. The first-order chi connectivity index (χ1) is 21.7. The zero-order valence-corrected chi connectivity index (χ0v) is 27.3. The molecule has 12 nitrogen and oxygen atoms in total. The number of nitrogens with one attached hydrogen (secondary N) is 3. The molecule has 2 aromatic rings. The van der Waals surface area contributed by atoms with Crippen molar-refractivity contribution in [3.8, 4) is 5.75 Å². The van der Waals surface area contributed by atoms with Gasteiger partial charge >= 0.3 is 6.09 Å². The number of epoxide rings is 1. The van der Waals surface area contributed by atoms with Crippen LogP contribution in [0.5, 0.6) is 5.75 Å². The molecule has 5 atom stereocenters. The monoisotopic (exact) mass is 636 g/mol. The average Bonchev–Trinajstić information content (AvgIpc) is 3.73. The first-order valence-corrected chi connectivity index (χ1v) is 15.4. The van der Waals surface area contributed by atoms with Gasteiger partial charge in [-0.2, -0.15) is 0 Å². The van der Waals surface area contributed by atoms with Gasteiger partial charge in [0.15, 0.2) is 5.78 Å². The molecule has 2 aromatic carbocycles. The van der Waals surface area contributed by atoms with Gasteiger partial charge in [-0.25, -0.2) is 4.79 Å². The second-order valence-corrected chi connectivity index (χ2v) is 13.0. The second kappa shape index (κ2) is 14.3. The standard InChI is InChI=1S/C34H44N4O8/c1-21(35-31(42)27-16-17-38(27)32(43)46-33(2,3)4)29(40)37-26(19-23-12-14-24(44-6)15-13-23)30(41)36-25(28(39)34(5)20-45-34)18-22-10-8-7-9-11-22/h7-15,21,25-27H,16-20H2,1-6H3,(H,35,42)(H,36,41)(H,37,40)/t21-,25-,26-,27+,34+/m0/s1. The Morgan fingerprint density at radius 3 is 2.04 bits per heavy atom. The van der Waals surface area contributed by atoms with Gasteiger partial charge in [-0.3, -0.25) is 24.1 Å². The molecule has 2 saturated heterocycles. The first kappa shape index (κ1) is 34.4. The fourth-order valence-corrected chi connectivity index (χ4v) is 5.03. The number of methoxy groups -OCH3 is 1. The summed E-state index contributed by atoms with van der Waals surface area (Å²) >= 11 is 0. The van der Waals surface area contributed by atoms with Crippen molar-refractivity contribution in [1.29, 1.82) is 0 Å². The van der Waals surface area contributed by atoms with Gasteiger partial charge in [0.1, 0.15) is 35.1 Å². The number of hydrogen-bond acceptors (Lipinski definition) is 8. The Morgan fingerprint density at radius 2 is 1.50 bits per heavy atom. The Kier molecular flexibility index (Phi) is 10.7. The number of likely N-dealkylation sites (tertiary alicyclic amines) is 1. The van der Waals surface area contributed by atoms with Crippen molar-refractivity contribution in [2.45, 2.75) is 89.3 Å². The highest BCUT2D eigenvalue weighted by Gasteiger charge is 2.50. The maximum atomic E-state index is 13.8. The molecule has 2 aliphatic rings. The van der Waals surface area contributed by atoms with Crippen LogP contribution in [0.1, 0.15) is 52.2 Å². The van der Waals surface area contributed by atoms with Crippen LogP contribution in [0.15, 0.2) is 54.6 Å². The number of Topliss-reactive ketones (excluding diaryl/α,β-unsaturated/α-hetero) is 1. The summed E-state index contributed by atoms with van der Waals surface area (Å²) < 4.78 is 16.0. The van der Waals surface area contributed by atoms with Gasteiger partial charge in [-0.15, -0.1) is 0 Å². The van der Waals surface area contributed by atoms with E-state index in [0.717, 1.165) is 11.1 Å². The van der Waals surface area contributed by atoms with Gasteiger partial charge in [-0.1, -0.05) is 42.5 Å². The number of amides is 4. The summed E-state index contributed by atoms with van der Waals surface area (Å²) in [7, 11) is 1.55. The molecular weight excluding hydrogens is 592 g/mol. The van der Waals surface area contributed by atoms with E-state index in [1.165, 1.54) is 11.8 Å². The highest BCUT2D eigenvalue weighted by molar-refractivity contribution is 5.99. The van der Waals surface area contributed by atoms with Crippen LogP contribution in [0.2, 0.25) is 0 Å². The first-order valence-electron chi connectivity index (χ1n) is 15.4. The van der Waals surface area contributed by atoms with Crippen molar-refractivity contribution in [2.24, 2.45) is 0 Å². The van der Waals surface area contributed by atoms with E-state index in [2.05, 4.69) is 16.0 Å². The van der Waals surface area contributed by atoms with E-state index < -0.39 is 59.2 Å². The smallest absolute Gasteiger partial charge is 0.410 e. The summed E-state index contributed by atoms with van der Waals surface area (Å²) in [6, 6.07) is 12.6. The topological polar surface area (TPSA) is 156 Å². The van der Waals surface area contributed by atoms with Gasteiger partial charge in [0, 0.05) is 13.0 Å².